The standard InChI is InChI=1S/C23H33NO4S/c1-15(2)12-21(18-8-10-19(27-6)11-9-18)24-29(25,26)23-14-20(16(3)4)22(28-7)13-17(23)5/h8-11,13-16,21,24H,12H2,1-7H3/t21-/m1/s1. The van der Waals surface area contributed by atoms with Crippen molar-refractivity contribution in [1.29, 1.82) is 0 Å². The molecular formula is C23H33NO4S. The second kappa shape index (κ2) is 9.63. The summed E-state index contributed by atoms with van der Waals surface area (Å²) in [4.78, 5) is 0.296. The minimum absolute atomic E-state index is 0.146. The van der Waals surface area contributed by atoms with E-state index in [0.717, 1.165) is 16.9 Å². The second-order valence-corrected chi connectivity index (χ2v) is 9.77. The Labute approximate surface area is 175 Å². The third-order valence-corrected chi connectivity index (χ3v) is 6.58. The van der Waals surface area contributed by atoms with Crippen LogP contribution in [-0.2, 0) is 10.0 Å². The van der Waals surface area contributed by atoms with Gasteiger partial charge < -0.3 is 9.47 Å². The van der Waals surface area contributed by atoms with Gasteiger partial charge in [-0.1, -0.05) is 39.8 Å². The van der Waals surface area contributed by atoms with E-state index in [9.17, 15) is 8.42 Å². The first-order chi connectivity index (χ1) is 13.6. The zero-order chi connectivity index (χ0) is 21.8. The number of aryl methyl sites for hydroxylation is 1. The van der Waals surface area contributed by atoms with E-state index < -0.39 is 10.0 Å². The van der Waals surface area contributed by atoms with Gasteiger partial charge in [-0.3, -0.25) is 0 Å². The highest BCUT2D eigenvalue weighted by Crippen LogP contribution is 2.33. The molecule has 0 aliphatic rings. The molecule has 1 atom stereocenters. The van der Waals surface area contributed by atoms with Crippen LogP contribution in [0.3, 0.4) is 0 Å². The van der Waals surface area contributed by atoms with Crippen LogP contribution < -0.4 is 14.2 Å². The highest BCUT2D eigenvalue weighted by molar-refractivity contribution is 7.89. The maximum absolute atomic E-state index is 13.3. The molecule has 2 aromatic rings. The smallest absolute Gasteiger partial charge is 0.241 e. The number of benzene rings is 2. The third-order valence-electron chi connectivity index (χ3n) is 4.96. The number of nitrogens with one attached hydrogen (secondary N) is 1. The fraction of sp³-hybridized carbons (Fsp3) is 0.478. The number of methoxy groups -OCH3 is 2. The van der Waals surface area contributed by atoms with Gasteiger partial charge in [0.1, 0.15) is 11.5 Å². The Kier molecular flexibility index (Phi) is 7.72. The molecule has 0 bridgehead atoms. The van der Waals surface area contributed by atoms with E-state index in [1.807, 2.05) is 38.1 Å². The Balaban J connectivity index is 2.45. The quantitative estimate of drug-likeness (QED) is 0.607. The molecule has 0 saturated carbocycles. The van der Waals surface area contributed by atoms with Gasteiger partial charge in [0, 0.05) is 6.04 Å². The van der Waals surface area contributed by atoms with Crippen molar-refractivity contribution in [1.82, 2.24) is 4.72 Å². The van der Waals surface area contributed by atoms with Crippen LogP contribution in [-0.4, -0.2) is 22.6 Å². The molecule has 2 aromatic carbocycles. The third kappa shape index (κ3) is 5.73. The first kappa shape index (κ1) is 23.2. The zero-order valence-corrected chi connectivity index (χ0v) is 19.3. The molecule has 1 N–H and O–H groups in total. The molecule has 5 nitrogen and oxygen atoms in total. The van der Waals surface area contributed by atoms with Crippen molar-refractivity contribution in [3.8, 4) is 11.5 Å². The zero-order valence-electron chi connectivity index (χ0n) is 18.4. The average molecular weight is 420 g/mol. The molecule has 160 valence electrons. The van der Waals surface area contributed by atoms with Crippen molar-refractivity contribution < 1.29 is 17.9 Å². The Morgan fingerprint density at radius 1 is 0.966 bits per heavy atom. The predicted octanol–water partition coefficient (Wildman–Crippen LogP) is 5.20. The summed E-state index contributed by atoms with van der Waals surface area (Å²) in [6, 6.07) is 10.7. The van der Waals surface area contributed by atoms with Crippen LogP contribution in [0.5, 0.6) is 11.5 Å². The van der Waals surface area contributed by atoms with Crippen LogP contribution in [0.2, 0.25) is 0 Å². The topological polar surface area (TPSA) is 64.6 Å². The van der Waals surface area contributed by atoms with E-state index in [-0.39, 0.29) is 12.0 Å². The first-order valence-electron chi connectivity index (χ1n) is 9.93. The van der Waals surface area contributed by atoms with Gasteiger partial charge in [0.25, 0.3) is 0 Å². The summed E-state index contributed by atoms with van der Waals surface area (Å²) in [6.07, 6.45) is 0.692. The summed E-state index contributed by atoms with van der Waals surface area (Å²) in [6.45, 7) is 10.0. The molecule has 0 fully saturated rings. The highest BCUT2D eigenvalue weighted by Gasteiger charge is 2.25. The minimum atomic E-state index is -3.72. The fourth-order valence-corrected chi connectivity index (χ4v) is 4.90. The van der Waals surface area contributed by atoms with Crippen LogP contribution in [0.4, 0.5) is 0 Å². The molecule has 0 aliphatic carbocycles. The van der Waals surface area contributed by atoms with E-state index >= 15 is 0 Å². The van der Waals surface area contributed by atoms with Crippen molar-refractivity contribution >= 4 is 10.0 Å². The van der Waals surface area contributed by atoms with Crippen LogP contribution >= 0.6 is 0 Å². The number of sulfonamides is 1. The van der Waals surface area contributed by atoms with Crippen LogP contribution in [0, 0.1) is 12.8 Å². The van der Waals surface area contributed by atoms with Gasteiger partial charge >= 0.3 is 0 Å². The highest BCUT2D eigenvalue weighted by atomic mass is 32.2. The molecule has 0 aromatic heterocycles. The monoisotopic (exact) mass is 419 g/mol. The maximum Gasteiger partial charge on any atom is 0.241 e. The average Bonchev–Trinajstić information content (AvgIpc) is 2.66. The maximum atomic E-state index is 13.3. The van der Waals surface area contributed by atoms with Crippen LogP contribution in [0.1, 0.15) is 62.8 Å². The van der Waals surface area contributed by atoms with Gasteiger partial charge in [0.05, 0.1) is 19.1 Å². The molecular weight excluding hydrogens is 386 g/mol. The van der Waals surface area contributed by atoms with Crippen LogP contribution in [0.15, 0.2) is 41.3 Å². The molecule has 6 heteroatoms. The Morgan fingerprint density at radius 3 is 2.07 bits per heavy atom. The number of hydrogen-bond acceptors (Lipinski definition) is 4. The lowest BCUT2D eigenvalue weighted by molar-refractivity contribution is 0.406. The molecule has 0 saturated heterocycles. The molecule has 0 radical (unpaired) electrons. The van der Waals surface area contributed by atoms with E-state index in [1.54, 1.807) is 33.3 Å². The lowest BCUT2D eigenvalue weighted by Crippen LogP contribution is -2.30. The van der Waals surface area contributed by atoms with Gasteiger partial charge in [0.15, 0.2) is 0 Å². The predicted molar refractivity (Wildman–Crippen MR) is 117 cm³/mol. The van der Waals surface area contributed by atoms with Gasteiger partial charge in [-0.15, -0.1) is 0 Å². The van der Waals surface area contributed by atoms with Gasteiger partial charge in [0.2, 0.25) is 10.0 Å². The van der Waals surface area contributed by atoms with Crippen molar-refractivity contribution in [2.75, 3.05) is 14.2 Å². The van der Waals surface area contributed by atoms with Gasteiger partial charge in [-0.25, -0.2) is 13.1 Å². The van der Waals surface area contributed by atoms with Crippen molar-refractivity contribution in [2.24, 2.45) is 5.92 Å². The summed E-state index contributed by atoms with van der Waals surface area (Å²) in [7, 11) is -0.498. The summed E-state index contributed by atoms with van der Waals surface area (Å²) in [5.41, 5.74) is 2.46. The van der Waals surface area contributed by atoms with E-state index in [0.29, 0.717) is 28.5 Å². The molecule has 2 rings (SSSR count). The fourth-order valence-electron chi connectivity index (χ4n) is 3.41. The lowest BCUT2D eigenvalue weighted by Gasteiger charge is -2.23. The SMILES string of the molecule is COc1ccc([C@@H](CC(C)C)NS(=O)(=O)c2cc(C(C)C)c(OC)cc2C)cc1. The summed E-state index contributed by atoms with van der Waals surface area (Å²) in [5.74, 6) is 1.93. The molecule has 0 unspecified atom stereocenters. The molecule has 0 aliphatic heterocycles. The Hall–Kier alpha value is -2.05. The van der Waals surface area contributed by atoms with E-state index in [2.05, 4.69) is 18.6 Å². The second-order valence-electron chi connectivity index (χ2n) is 8.09. The van der Waals surface area contributed by atoms with E-state index in [4.69, 9.17) is 9.47 Å². The molecule has 0 heterocycles. The molecule has 0 amide bonds. The summed E-state index contributed by atoms with van der Waals surface area (Å²) >= 11 is 0. The van der Waals surface area contributed by atoms with Crippen molar-refractivity contribution in [3.63, 3.8) is 0 Å². The number of ether oxygens (including phenoxy) is 2. The summed E-state index contributed by atoms with van der Waals surface area (Å²) in [5, 5.41) is 0. The normalized spacial score (nSPS) is 13.0. The Bertz CT molecular complexity index is 919. The van der Waals surface area contributed by atoms with Crippen molar-refractivity contribution in [2.45, 2.75) is 57.9 Å². The molecule has 29 heavy (non-hydrogen) atoms. The minimum Gasteiger partial charge on any atom is -0.497 e. The van der Waals surface area contributed by atoms with E-state index in [1.165, 1.54) is 0 Å². The number of hydrogen-bond donors (Lipinski definition) is 1. The Morgan fingerprint density at radius 2 is 1.59 bits per heavy atom. The number of rotatable bonds is 9. The molecule has 0 spiro atoms. The first-order valence-corrected chi connectivity index (χ1v) is 11.4. The van der Waals surface area contributed by atoms with Gasteiger partial charge in [-0.05, 0) is 66.1 Å². The largest absolute Gasteiger partial charge is 0.497 e. The van der Waals surface area contributed by atoms with Crippen LogP contribution in [0.25, 0.3) is 0 Å². The summed E-state index contributed by atoms with van der Waals surface area (Å²) < 4.78 is 40.3. The van der Waals surface area contributed by atoms with Crippen molar-refractivity contribution in [3.05, 3.63) is 53.1 Å². The van der Waals surface area contributed by atoms with Gasteiger partial charge in [-0.2, -0.15) is 0 Å². The lowest BCUT2D eigenvalue weighted by atomic mass is 9.98.